The molecule has 1 N–H and O–H groups in total. The molecule has 5 rings (SSSR count). The van der Waals surface area contributed by atoms with Gasteiger partial charge in [-0.15, -0.1) is 24.8 Å². The molecule has 0 aliphatic carbocycles. The van der Waals surface area contributed by atoms with Crippen molar-refractivity contribution in [2.45, 2.75) is 51.1 Å². The Morgan fingerprint density at radius 2 is 1.87 bits per heavy atom. The third-order valence-electron chi connectivity index (χ3n) is 7.62. The fraction of sp³-hybridized carbons (Fsp3) is 0.500. The van der Waals surface area contributed by atoms with E-state index in [0.29, 0.717) is 30.6 Å². The molecule has 0 unspecified atom stereocenters. The molecular weight excluding hydrogens is 525 g/mol. The predicted molar refractivity (Wildman–Crippen MR) is 153 cm³/mol. The first-order chi connectivity index (χ1) is 17.2. The van der Waals surface area contributed by atoms with Crippen molar-refractivity contribution in [2.24, 2.45) is 0 Å². The maximum Gasteiger partial charge on any atom is 0.241 e. The molecule has 2 amide bonds. The minimum absolute atomic E-state index is 0. The molecule has 10 heteroatoms. The number of pyridine rings is 1. The van der Waals surface area contributed by atoms with E-state index in [1.54, 1.807) is 23.2 Å². The first-order valence-corrected chi connectivity index (χ1v) is 12.9. The summed E-state index contributed by atoms with van der Waals surface area (Å²) >= 11 is 0. The van der Waals surface area contributed by atoms with Gasteiger partial charge in [0.25, 0.3) is 0 Å². The van der Waals surface area contributed by atoms with Gasteiger partial charge in [-0.05, 0) is 19.4 Å². The molecule has 0 radical (unpaired) electrons. The molecule has 2 saturated heterocycles. The van der Waals surface area contributed by atoms with E-state index in [9.17, 15) is 14.4 Å². The van der Waals surface area contributed by atoms with Gasteiger partial charge in [0.2, 0.25) is 11.8 Å². The first kappa shape index (κ1) is 30.0. The largest absolute Gasteiger partial charge is 0.341 e. The lowest BCUT2D eigenvalue weighted by Gasteiger charge is -2.41. The van der Waals surface area contributed by atoms with Crippen LogP contribution in [0.2, 0.25) is 0 Å². The monoisotopic (exact) mass is 561 g/mol. The van der Waals surface area contributed by atoms with Gasteiger partial charge in [-0.3, -0.25) is 24.3 Å². The molecule has 2 aromatic rings. The van der Waals surface area contributed by atoms with Gasteiger partial charge in [0.1, 0.15) is 0 Å². The third-order valence-corrected chi connectivity index (χ3v) is 7.62. The number of nitrogens with one attached hydrogen (secondary N) is 1. The quantitative estimate of drug-likeness (QED) is 0.545. The molecule has 2 fully saturated rings. The van der Waals surface area contributed by atoms with E-state index >= 15 is 0 Å². The second kappa shape index (κ2) is 12.1. The predicted octanol–water partition coefficient (Wildman–Crippen LogP) is 3.07. The summed E-state index contributed by atoms with van der Waals surface area (Å²) in [5.41, 5.74) is 2.34. The van der Waals surface area contributed by atoms with E-state index in [-0.39, 0.29) is 66.5 Å². The van der Waals surface area contributed by atoms with Crippen LogP contribution in [-0.2, 0) is 15.0 Å². The second-order valence-corrected chi connectivity index (χ2v) is 11.0. The molecule has 3 aliphatic heterocycles. The van der Waals surface area contributed by atoms with E-state index in [4.69, 9.17) is 0 Å². The normalized spacial score (nSPS) is 22.4. The Balaban J connectivity index is 0.00000200. The van der Waals surface area contributed by atoms with Crippen LogP contribution in [0.4, 0.5) is 5.69 Å². The van der Waals surface area contributed by atoms with Crippen molar-refractivity contribution in [1.29, 1.82) is 0 Å². The number of piperazine rings is 1. The van der Waals surface area contributed by atoms with Crippen LogP contribution < -0.4 is 10.2 Å². The maximum absolute atomic E-state index is 13.7. The topological polar surface area (TPSA) is 85.9 Å². The van der Waals surface area contributed by atoms with Crippen LogP contribution in [0.3, 0.4) is 0 Å². The summed E-state index contributed by atoms with van der Waals surface area (Å²) in [6, 6.07) is 11.3. The molecule has 1 aromatic heterocycles. The van der Waals surface area contributed by atoms with Crippen molar-refractivity contribution in [3.8, 4) is 0 Å². The summed E-state index contributed by atoms with van der Waals surface area (Å²) in [7, 11) is 0. The highest BCUT2D eigenvalue weighted by Gasteiger charge is 2.41. The fourth-order valence-electron chi connectivity index (χ4n) is 5.65. The Morgan fingerprint density at radius 3 is 2.55 bits per heavy atom. The number of benzene rings is 1. The van der Waals surface area contributed by atoms with Gasteiger partial charge in [0.05, 0.1) is 17.9 Å². The van der Waals surface area contributed by atoms with Gasteiger partial charge in [0, 0.05) is 74.0 Å². The van der Waals surface area contributed by atoms with Gasteiger partial charge < -0.3 is 15.1 Å². The van der Waals surface area contributed by atoms with E-state index in [2.05, 4.69) is 36.0 Å². The summed E-state index contributed by atoms with van der Waals surface area (Å²) in [5, 5.41) is 3.51. The average molecular weight is 563 g/mol. The van der Waals surface area contributed by atoms with Crippen molar-refractivity contribution in [3.63, 3.8) is 0 Å². The molecule has 0 bridgehead atoms. The highest BCUT2D eigenvalue weighted by Crippen LogP contribution is 2.39. The Hall–Kier alpha value is -2.52. The average Bonchev–Trinajstić information content (AvgIpc) is 3.39. The number of halogens is 2. The van der Waals surface area contributed by atoms with Gasteiger partial charge in [0.15, 0.2) is 5.78 Å². The number of hydrogen-bond donors (Lipinski definition) is 1. The lowest BCUT2D eigenvalue weighted by Crippen LogP contribution is -2.60. The zero-order chi connectivity index (χ0) is 25.4. The van der Waals surface area contributed by atoms with Crippen molar-refractivity contribution in [3.05, 3.63) is 59.4 Å². The number of carbonyl (C=O) groups is 3. The zero-order valence-electron chi connectivity index (χ0n) is 22.2. The Labute approximate surface area is 237 Å². The number of ketones is 1. The van der Waals surface area contributed by atoms with Crippen molar-refractivity contribution >= 4 is 48.1 Å². The van der Waals surface area contributed by atoms with Crippen LogP contribution in [-0.4, -0.2) is 83.7 Å². The molecule has 8 nitrogen and oxygen atoms in total. The Morgan fingerprint density at radius 1 is 1.13 bits per heavy atom. The van der Waals surface area contributed by atoms with E-state index in [1.807, 2.05) is 29.2 Å². The number of fused-ring (bicyclic) bond motifs is 1. The zero-order valence-corrected chi connectivity index (χ0v) is 23.8. The second-order valence-electron chi connectivity index (χ2n) is 11.0. The molecule has 4 heterocycles. The van der Waals surface area contributed by atoms with Crippen molar-refractivity contribution in [1.82, 2.24) is 20.1 Å². The van der Waals surface area contributed by atoms with Crippen LogP contribution in [0, 0.1) is 0 Å². The standard InChI is InChI=1S/C28H35N5O3.2ClH/c1-19-15-32(22(14-29-19)16-31-11-7-10-24(31)34)17-25(35)33-18-28(2,3)27-23(33)12-21(13-30-27)26(36)20-8-5-4-6-9-20;;/h4-6,8-9,12-13,19,22,29H,7,10-11,14-18H2,1-3H3;2*1H/t19-,22-;;/m1../s1. The molecule has 0 saturated carbocycles. The number of amides is 2. The van der Waals surface area contributed by atoms with Crippen LogP contribution in [0.5, 0.6) is 0 Å². The number of carbonyl (C=O) groups excluding carboxylic acids is 3. The van der Waals surface area contributed by atoms with Gasteiger partial charge in [-0.2, -0.15) is 0 Å². The summed E-state index contributed by atoms with van der Waals surface area (Å²) in [4.78, 5) is 49.7. The molecule has 1 aromatic carbocycles. The van der Waals surface area contributed by atoms with Crippen LogP contribution >= 0.6 is 24.8 Å². The lowest BCUT2D eigenvalue weighted by atomic mass is 9.91. The van der Waals surface area contributed by atoms with Gasteiger partial charge in [-0.1, -0.05) is 44.2 Å². The summed E-state index contributed by atoms with van der Waals surface area (Å²) in [6.07, 6.45) is 3.15. The number of likely N-dealkylation sites (tertiary alicyclic amines) is 1. The minimum atomic E-state index is -0.308. The van der Waals surface area contributed by atoms with Crippen LogP contribution in [0.15, 0.2) is 42.6 Å². The first-order valence-electron chi connectivity index (χ1n) is 12.9. The smallest absolute Gasteiger partial charge is 0.241 e. The van der Waals surface area contributed by atoms with Crippen LogP contribution in [0.1, 0.15) is 55.2 Å². The van der Waals surface area contributed by atoms with Crippen LogP contribution in [0.25, 0.3) is 0 Å². The van der Waals surface area contributed by atoms with Gasteiger partial charge >= 0.3 is 0 Å². The Kier molecular flexibility index (Phi) is 9.57. The maximum atomic E-state index is 13.7. The molecule has 38 heavy (non-hydrogen) atoms. The third kappa shape index (κ3) is 6.04. The Bertz CT molecular complexity index is 1180. The molecule has 3 aliphatic rings. The highest BCUT2D eigenvalue weighted by atomic mass is 35.5. The number of rotatable bonds is 6. The van der Waals surface area contributed by atoms with Crippen molar-refractivity contribution < 1.29 is 14.4 Å². The number of hydrogen-bond acceptors (Lipinski definition) is 6. The van der Waals surface area contributed by atoms with Gasteiger partial charge in [-0.25, -0.2) is 0 Å². The minimum Gasteiger partial charge on any atom is -0.341 e. The lowest BCUT2D eigenvalue weighted by molar-refractivity contribution is -0.128. The number of anilines is 1. The summed E-state index contributed by atoms with van der Waals surface area (Å²) < 4.78 is 0. The van der Waals surface area contributed by atoms with E-state index < -0.39 is 0 Å². The SMILES string of the molecule is C[C@@H]1CN(CC(=O)N2CC(C)(C)c3ncc(C(=O)c4ccccc4)cc32)[C@@H](CN2CCCC2=O)CN1.Cl.Cl. The highest BCUT2D eigenvalue weighted by molar-refractivity contribution is 6.10. The number of aromatic nitrogens is 1. The molecule has 2 atom stereocenters. The molecular formula is C28H37Cl2N5O3. The summed E-state index contributed by atoms with van der Waals surface area (Å²) in [6.45, 7) is 10.0. The van der Waals surface area contributed by atoms with E-state index in [0.717, 1.165) is 37.4 Å². The van der Waals surface area contributed by atoms with E-state index in [1.165, 1.54) is 0 Å². The summed E-state index contributed by atoms with van der Waals surface area (Å²) in [5.74, 6) is 0.103. The molecule has 0 spiro atoms. The van der Waals surface area contributed by atoms with Crippen molar-refractivity contribution in [2.75, 3.05) is 44.2 Å². The number of nitrogens with zero attached hydrogens (tertiary/aromatic N) is 4. The fourth-order valence-corrected chi connectivity index (χ4v) is 5.65. The molecule has 206 valence electrons.